The molecule has 1 aliphatic rings. The highest BCUT2D eigenvalue weighted by Gasteiger charge is 2.39. The van der Waals surface area contributed by atoms with E-state index in [1.807, 2.05) is 0 Å². The Labute approximate surface area is 105 Å². The van der Waals surface area contributed by atoms with E-state index in [1.54, 1.807) is 0 Å². The van der Waals surface area contributed by atoms with E-state index in [1.165, 1.54) is 9.13 Å². The first-order valence-corrected chi connectivity index (χ1v) is 6.38. The highest BCUT2D eigenvalue weighted by atomic mass is 127. The maximum atomic E-state index is 6.08. The van der Waals surface area contributed by atoms with Gasteiger partial charge in [-0.3, -0.25) is 0 Å². The molecule has 15 heavy (non-hydrogen) atoms. The summed E-state index contributed by atoms with van der Waals surface area (Å²) in [6.07, 6.45) is 1.06. The molecular formula is C13H17IO. The monoisotopic (exact) mass is 316 g/mol. The van der Waals surface area contributed by atoms with E-state index in [2.05, 4.69) is 68.5 Å². The Balaban J connectivity index is 2.60. The number of rotatable bonds is 0. The van der Waals surface area contributed by atoms with Crippen LogP contribution in [-0.4, -0.2) is 5.60 Å². The highest BCUT2D eigenvalue weighted by Crippen LogP contribution is 2.46. The van der Waals surface area contributed by atoms with Crippen LogP contribution in [0.3, 0.4) is 0 Å². The Bertz CT molecular complexity index is 394. The summed E-state index contributed by atoms with van der Waals surface area (Å²) in [5.41, 5.74) is 1.49. The fraction of sp³-hybridized carbons (Fsp3) is 0.538. The SMILES string of the molecule is CC1(C)CC(C)(C)c2cccc(I)c2O1. The summed E-state index contributed by atoms with van der Waals surface area (Å²) in [5.74, 6) is 1.08. The van der Waals surface area contributed by atoms with Crippen molar-refractivity contribution in [3.63, 3.8) is 0 Å². The lowest BCUT2D eigenvalue weighted by Gasteiger charge is -2.42. The zero-order chi connectivity index (χ0) is 11.3. The van der Waals surface area contributed by atoms with Gasteiger partial charge in [-0.05, 0) is 54.3 Å². The number of hydrogen-bond acceptors (Lipinski definition) is 1. The summed E-state index contributed by atoms with van der Waals surface area (Å²) in [5, 5.41) is 0. The zero-order valence-electron chi connectivity index (χ0n) is 9.73. The number of fused-ring (bicyclic) bond motifs is 1. The molecule has 1 nitrogen and oxygen atoms in total. The van der Waals surface area contributed by atoms with Gasteiger partial charge in [0.2, 0.25) is 0 Å². The number of halogens is 1. The number of benzene rings is 1. The van der Waals surface area contributed by atoms with Crippen LogP contribution in [0.5, 0.6) is 5.75 Å². The second-order valence-corrected chi connectivity index (χ2v) is 6.70. The molecule has 0 saturated heterocycles. The van der Waals surface area contributed by atoms with E-state index in [-0.39, 0.29) is 11.0 Å². The van der Waals surface area contributed by atoms with Crippen LogP contribution in [0.25, 0.3) is 0 Å². The van der Waals surface area contributed by atoms with Crippen LogP contribution >= 0.6 is 22.6 Å². The molecule has 2 rings (SSSR count). The van der Waals surface area contributed by atoms with Gasteiger partial charge in [0.15, 0.2) is 0 Å². The molecule has 0 saturated carbocycles. The van der Waals surface area contributed by atoms with Crippen molar-refractivity contribution in [1.82, 2.24) is 0 Å². The minimum absolute atomic E-state index is 0.0578. The highest BCUT2D eigenvalue weighted by molar-refractivity contribution is 14.1. The average Bonchev–Trinajstić information content (AvgIpc) is 2.04. The first-order valence-electron chi connectivity index (χ1n) is 5.30. The van der Waals surface area contributed by atoms with Crippen molar-refractivity contribution in [1.29, 1.82) is 0 Å². The first-order chi connectivity index (χ1) is 6.82. The van der Waals surface area contributed by atoms with Crippen molar-refractivity contribution in [3.05, 3.63) is 27.3 Å². The molecule has 82 valence electrons. The van der Waals surface area contributed by atoms with E-state index in [4.69, 9.17) is 4.74 Å². The molecule has 0 amide bonds. The third-order valence-corrected chi connectivity index (χ3v) is 3.79. The minimum Gasteiger partial charge on any atom is -0.486 e. The van der Waals surface area contributed by atoms with Gasteiger partial charge in [-0.25, -0.2) is 0 Å². The van der Waals surface area contributed by atoms with Crippen molar-refractivity contribution >= 4 is 22.6 Å². The molecule has 0 unspecified atom stereocenters. The lowest BCUT2D eigenvalue weighted by atomic mass is 9.74. The summed E-state index contributed by atoms with van der Waals surface area (Å²) >= 11 is 2.35. The second kappa shape index (κ2) is 3.37. The molecule has 0 aromatic heterocycles. The summed E-state index contributed by atoms with van der Waals surface area (Å²) in [7, 11) is 0. The van der Waals surface area contributed by atoms with Crippen molar-refractivity contribution in [2.75, 3.05) is 0 Å². The molecule has 0 aliphatic carbocycles. The van der Waals surface area contributed by atoms with E-state index < -0.39 is 0 Å². The first kappa shape index (κ1) is 11.2. The van der Waals surface area contributed by atoms with Crippen molar-refractivity contribution in [2.45, 2.75) is 45.1 Å². The number of hydrogen-bond donors (Lipinski definition) is 0. The van der Waals surface area contributed by atoms with Gasteiger partial charge in [0, 0.05) is 5.56 Å². The maximum absolute atomic E-state index is 6.08. The van der Waals surface area contributed by atoms with E-state index >= 15 is 0 Å². The molecule has 1 heterocycles. The molecule has 0 bridgehead atoms. The Hall–Kier alpha value is -0.250. The van der Waals surface area contributed by atoms with Crippen LogP contribution in [0.4, 0.5) is 0 Å². The van der Waals surface area contributed by atoms with Gasteiger partial charge in [-0.1, -0.05) is 26.0 Å². The van der Waals surface area contributed by atoms with Gasteiger partial charge in [0.1, 0.15) is 11.4 Å². The molecule has 0 radical (unpaired) electrons. The average molecular weight is 316 g/mol. The Kier molecular flexibility index (Phi) is 2.53. The van der Waals surface area contributed by atoms with Gasteiger partial charge in [0.25, 0.3) is 0 Å². The van der Waals surface area contributed by atoms with Gasteiger partial charge in [-0.15, -0.1) is 0 Å². The van der Waals surface area contributed by atoms with Crippen LogP contribution in [0.2, 0.25) is 0 Å². The second-order valence-electron chi connectivity index (χ2n) is 5.54. The van der Waals surface area contributed by atoms with Crippen molar-refractivity contribution in [2.24, 2.45) is 0 Å². The smallest absolute Gasteiger partial charge is 0.137 e. The lowest BCUT2D eigenvalue weighted by molar-refractivity contribution is 0.0523. The molecule has 1 aliphatic heterocycles. The number of para-hydroxylation sites is 1. The summed E-state index contributed by atoms with van der Waals surface area (Å²) in [6.45, 7) is 8.93. The minimum atomic E-state index is -0.0578. The summed E-state index contributed by atoms with van der Waals surface area (Å²) < 4.78 is 7.29. The van der Waals surface area contributed by atoms with Crippen LogP contribution < -0.4 is 4.74 Å². The molecule has 0 atom stereocenters. The number of ether oxygens (including phenoxy) is 1. The van der Waals surface area contributed by atoms with Gasteiger partial charge in [-0.2, -0.15) is 0 Å². The Morgan fingerprint density at radius 1 is 1.20 bits per heavy atom. The predicted molar refractivity (Wildman–Crippen MR) is 71.5 cm³/mol. The van der Waals surface area contributed by atoms with Gasteiger partial charge < -0.3 is 4.74 Å². The van der Waals surface area contributed by atoms with Gasteiger partial charge in [0.05, 0.1) is 3.57 Å². The normalized spacial score (nSPS) is 21.7. The molecule has 2 heteroatoms. The molecule has 1 aromatic carbocycles. The molecule has 0 fully saturated rings. The summed E-state index contributed by atoms with van der Waals surface area (Å²) in [6, 6.07) is 6.41. The van der Waals surface area contributed by atoms with Crippen LogP contribution in [0.15, 0.2) is 18.2 Å². The Morgan fingerprint density at radius 2 is 1.87 bits per heavy atom. The van der Waals surface area contributed by atoms with E-state index in [9.17, 15) is 0 Å². The molecule has 0 N–H and O–H groups in total. The third-order valence-electron chi connectivity index (χ3n) is 2.94. The van der Waals surface area contributed by atoms with E-state index in [0.29, 0.717) is 0 Å². The van der Waals surface area contributed by atoms with Crippen LogP contribution in [-0.2, 0) is 5.41 Å². The van der Waals surface area contributed by atoms with Crippen LogP contribution in [0.1, 0.15) is 39.7 Å². The summed E-state index contributed by atoms with van der Waals surface area (Å²) in [4.78, 5) is 0. The predicted octanol–water partition coefficient (Wildman–Crippen LogP) is 4.13. The maximum Gasteiger partial charge on any atom is 0.137 e. The fourth-order valence-corrected chi connectivity index (χ4v) is 3.23. The van der Waals surface area contributed by atoms with Crippen molar-refractivity contribution in [3.8, 4) is 5.75 Å². The zero-order valence-corrected chi connectivity index (χ0v) is 11.9. The topological polar surface area (TPSA) is 9.23 Å². The lowest BCUT2D eigenvalue weighted by Crippen LogP contribution is -2.41. The Morgan fingerprint density at radius 3 is 2.53 bits per heavy atom. The third kappa shape index (κ3) is 2.01. The molecule has 0 spiro atoms. The largest absolute Gasteiger partial charge is 0.486 e. The van der Waals surface area contributed by atoms with Crippen molar-refractivity contribution < 1.29 is 4.74 Å². The molecule has 1 aromatic rings. The standard InChI is InChI=1S/C13H17IO/c1-12(2)8-13(3,4)15-11-9(12)6-5-7-10(11)14/h5-7H,8H2,1-4H3. The quantitative estimate of drug-likeness (QED) is 0.654. The van der Waals surface area contributed by atoms with Crippen LogP contribution in [0, 0.1) is 3.57 Å². The fourth-order valence-electron chi connectivity index (χ4n) is 2.62. The van der Waals surface area contributed by atoms with E-state index in [0.717, 1.165) is 12.2 Å². The van der Waals surface area contributed by atoms with Gasteiger partial charge >= 0.3 is 0 Å². The molecular weight excluding hydrogens is 299 g/mol.